The molecule has 2 aliphatic carbocycles. The fourth-order valence-electron chi connectivity index (χ4n) is 9.53. The van der Waals surface area contributed by atoms with Crippen LogP contribution in [0, 0.1) is 6.92 Å². The molecule has 58 heavy (non-hydrogen) atoms. The van der Waals surface area contributed by atoms with E-state index in [9.17, 15) is 0 Å². The summed E-state index contributed by atoms with van der Waals surface area (Å²) in [6.45, 7) is 11.4. The Morgan fingerprint density at radius 3 is 1.93 bits per heavy atom. The first-order chi connectivity index (χ1) is 28.1. The molecule has 6 heteroatoms. The van der Waals surface area contributed by atoms with Gasteiger partial charge in [-0.25, -0.2) is 0 Å². The van der Waals surface area contributed by atoms with Gasteiger partial charge in [0, 0.05) is 22.6 Å². The lowest BCUT2D eigenvalue weighted by Crippen LogP contribution is -2.39. The number of hydrogen-bond acceptors (Lipinski definition) is 2. The Labute approximate surface area is 362 Å². The van der Waals surface area contributed by atoms with Crippen LogP contribution in [0.1, 0.15) is 117 Å². The Morgan fingerprint density at radius 2 is 1.33 bits per heavy atom. The lowest BCUT2D eigenvalue weighted by Gasteiger charge is -2.29. The Morgan fingerprint density at radius 1 is 0.741 bits per heavy atom. The second-order valence-electron chi connectivity index (χ2n) is 16.9. The summed E-state index contributed by atoms with van der Waals surface area (Å²) in [7, 11) is 1.81. The van der Waals surface area contributed by atoms with Gasteiger partial charge in [0.15, 0.2) is 5.69 Å². The van der Waals surface area contributed by atoms with Crippen molar-refractivity contribution in [1.82, 2.24) is 4.40 Å². The number of benzene rings is 4. The van der Waals surface area contributed by atoms with Crippen LogP contribution in [0.5, 0.6) is 17.2 Å². The van der Waals surface area contributed by atoms with E-state index in [-0.39, 0.29) is 5.41 Å². The smallest absolute Gasteiger partial charge is 0.292 e. The molecule has 300 valence electrons. The standard InChI is InChI=1S/C52H57Br2N2O2/c1-7-17-35-21-16-22-36(18-8-2)49(35)56-44(29-30-52(4,5)39-23-10-9-11-24-39)45(33-55-34(3)27-28-46(55)56)58-51-43(54)32-38-20-13-15-26-41(38)48(51)47-40-25-14-12-19-37(40)31-42(53)50(47)57-6/h9-11,16,21-24,27-33H,7-8,12-15,17-20,25-26H2,1-6H3/q+1. The van der Waals surface area contributed by atoms with Crippen LogP contribution in [-0.4, -0.2) is 11.5 Å². The molecule has 0 bridgehead atoms. The molecule has 4 aromatic carbocycles. The summed E-state index contributed by atoms with van der Waals surface area (Å²) in [6, 6.07) is 26.9. The number of aryl methyl sites for hydroxylation is 5. The van der Waals surface area contributed by atoms with Gasteiger partial charge in [0.05, 0.1) is 16.1 Å². The van der Waals surface area contributed by atoms with Crippen molar-refractivity contribution < 1.29 is 14.0 Å². The van der Waals surface area contributed by atoms with Crippen LogP contribution in [0.4, 0.5) is 0 Å². The molecular formula is C52H57Br2N2O2+. The van der Waals surface area contributed by atoms with E-state index in [1.54, 1.807) is 0 Å². The van der Waals surface area contributed by atoms with Crippen molar-refractivity contribution in [2.75, 3.05) is 7.11 Å². The summed E-state index contributed by atoms with van der Waals surface area (Å²) in [5.41, 5.74) is 16.3. The first-order valence-electron chi connectivity index (χ1n) is 21.5. The number of halogens is 2. The van der Waals surface area contributed by atoms with Crippen molar-refractivity contribution in [3.05, 3.63) is 144 Å². The highest BCUT2D eigenvalue weighted by Gasteiger charge is 2.33. The largest absolute Gasteiger partial charge is 0.495 e. The van der Waals surface area contributed by atoms with E-state index in [0.29, 0.717) is 0 Å². The van der Waals surface area contributed by atoms with Gasteiger partial charge < -0.3 is 9.47 Å². The number of allylic oxidation sites excluding steroid dienone is 1. The predicted octanol–water partition coefficient (Wildman–Crippen LogP) is 14.2. The van der Waals surface area contributed by atoms with Crippen molar-refractivity contribution in [2.45, 2.75) is 117 Å². The van der Waals surface area contributed by atoms with Gasteiger partial charge in [-0.1, -0.05) is 95.1 Å². The number of aromatic nitrogens is 2. The maximum absolute atomic E-state index is 7.68. The number of ether oxygens (including phenoxy) is 2. The lowest BCUT2D eigenvalue weighted by molar-refractivity contribution is -0.574. The number of fused-ring (bicyclic) bond motifs is 3. The molecule has 0 spiro atoms. The van der Waals surface area contributed by atoms with Crippen LogP contribution in [0.25, 0.3) is 28.5 Å². The fraction of sp³-hybridized carbons (Fsp3) is 0.365. The highest BCUT2D eigenvalue weighted by atomic mass is 79.9. The third kappa shape index (κ3) is 7.60. The molecule has 0 fully saturated rings. The second-order valence-corrected chi connectivity index (χ2v) is 18.6. The quantitative estimate of drug-likeness (QED) is 0.114. The molecule has 0 amide bonds. The zero-order valence-electron chi connectivity index (χ0n) is 35.1. The molecule has 0 radical (unpaired) electrons. The summed E-state index contributed by atoms with van der Waals surface area (Å²) in [6.07, 6.45) is 19.9. The van der Waals surface area contributed by atoms with Crippen LogP contribution >= 0.6 is 31.9 Å². The minimum Gasteiger partial charge on any atom is -0.495 e. The topological polar surface area (TPSA) is 26.8 Å². The van der Waals surface area contributed by atoms with Gasteiger partial charge in [-0.05, 0) is 166 Å². The third-order valence-corrected chi connectivity index (χ3v) is 13.7. The predicted molar refractivity (Wildman–Crippen MR) is 247 cm³/mol. The van der Waals surface area contributed by atoms with Gasteiger partial charge in [0.2, 0.25) is 5.75 Å². The highest BCUT2D eigenvalue weighted by molar-refractivity contribution is 9.11. The average Bonchev–Trinajstić information content (AvgIpc) is 3.60. The molecule has 4 nitrogen and oxygen atoms in total. The number of hydrogen-bond donors (Lipinski definition) is 0. The molecule has 6 aromatic rings. The van der Waals surface area contributed by atoms with E-state index in [4.69, 9.17) is 9.47 Å². The molecule has 0 atom stereocenters. The Kier molecular flexibility index (Phi) is 12.1. The van der Waals surface area contributed by atoms with Gasteiger partial charge in [0.1, 0.15) is 29.1 Å². The number of para-hydroxylation sites is 1. The Balaban J connectivity index is 1.46. The van der Waals surface area contributed by atoms with Crippen molar-refractivity contribution in [2.24, 2.45) is 0 Å². The fourth-order valence-corrected chi connectivity index (χ4v) is 10.7. The average molecular weight is 902 g/mol. The van der Waals surface area contributed by atoms with Gasteiger partial charge in [0.25, 0.3) is 5.65 Å². The van der Waals surface area contributed by atoms with Gasteiger partial charge in [-0.3, -0.25) is 0 Å². The highest BCUT2D eigenvalue weighted by Crippen LogP contribution is 2.52. The number of methoxy groups -OCH3 is 1. The van der Waals surface area contributed by atoms with E-state index in [2.05, 4.69) is 167 Å². The first kappa shape index (κ1) is 40.6. The van der Waals surface area contributed by atoms with Crippen molar-refractivity contribution >= 4 is 43.6 Å². The van der Waals surface area contributed by atoms with Crippen molar-refractivity contribution in [1.29, 1.82) is 0 Å². The van der Waals surface area contributed by atoms with E-state index >= 15 is 0 Å². The number of nitrogens with zero attached hydrogens (tertiary/aromatic N) is 2. The molecule has 8 rings (SSSR count). The molecule has 0 N–H and O–H groups in total. The summed E-state index contributed by atoms with van der Waals surface area (Å²) in [5, 5.41) is 0. The van der Waals surface area contributed by atoms with Crippen LogP contribution < -0.4 is 14.0 Å². The zero-order chi connectivity index (χ0) is 40.6. The van der Waals surface area contributed by atoms with Crippen LogP contribution in [-0.2, 0) is 43.9 Å². The second kappa shape index (κ2) is 17.2. The summed E-state index contributed by atoms with van der Waals surface area (Å²) in [5.74, 6) is 2.56. The molecule has 0 saturated carbocycles. The van der Waals surface area contributed by atoms with E-state index in [1.165, 1.54) is 75.0 Å². The van der Waals surface area contributed by atoms with E-state index in [0.717, 1.165) is 101 Å². The Bertz CT molecular complexity index is 2490. The summed E-state index contributed by atoms with van der Waals surface area (Å²) < 4.78 is 20.8. The molecule has 2 heterocycles. The third-order valence-electron chi connectivity index (χ3n) is 12.5. The van der Waals surface area contributed by atoms with E-state index in [1.807, 2.05) is 7.11 Å². The maximum Gasteiger partial charge on any atom is 0.292 e. The Hall–Kier alpha value is -4.13. The molecular weight excluding hydrogens is 844 g/mol. The lowest BCUT2D eigenvalue weighted by atomic mass is 9.80. The van der Waals surface area contributed by atoms with Gasteiger partial charge in [-0.2, -0.15) is 8.97 Å². The first-order valence-corrected chi connectivity index (χ1v) is 23.1. The molecule has 2 aromatic heterocycles. The normalized spacial score (nSPS) is 14.2. The van der Waals surface area contributed by atoms with Crippen LogP contribution in [0.3, 0.4) is 0 Å². The maximum atomic E-state index is 7.68. The van der Waals surface area contributed by atoms with E-state index < -0.39 is 0 Å². The monoisotopic (exact) mass is 899 g/mol. The SMILES string of the molecule is CCCc1cccc(CCC)c1-[n+]1c(C=CC(C)(C)c2ccccc2)c(Oc2c(Br)cc3c(c2-c2c4c(cc(Br)c2OC)CCCC4)CCCC3)cn2c(C)ccc21. The molecule has 0 saturated heterocycles. The van der Waals surface area contributed by atoms with Gasteiger partial charge in [-0.15, -0.1) is 0 Å². The van der Waals surface area contributed by atoms with Crippen LogP contribution in [0.15, 0.2) is 94.0 Å². The molecule has 2 aliphatic rings. The number of rotatable bonds is 12. The zero-order valence-corrected chi connectivity index (χ0v) is 38.3. The van der Waals surface area contributed by atoms with Crippen molar-refractivity contribution in [3.8, 4) is 34.1 Å². The summed E-state index contributed by atoms with van der Waals surface area (Å²) in [4.78, 5) is 0. The minimum atomic E-state index is -0.240. The minimum absolute atomic E-state index is 0.240. The van der Waals surface area contributed by atoms with Crippen LogP contribution in [0.2, 0.25) is 0 Å². The summed E-state index contributed by atoms with van der Waals surface area (Å²) >= 11 is 8.11. The van der Waals surface area contributed by atoms with Crippen molar-refractivity contribution in [3.63, 3.8) is 0 Å². The molecule has 0 aliphatic heterocycles. The molecule has 0 unspecified atom stereocenters. The van der Waals surface area contributed by atoms with Gasteiger partial charge >= 0.3 is 0 Å².